The van der Waals surface area contributed by atoms with E-state index in [0.29, 0.717) is 11.7 Å². The molecular formula is C16H31NO. The first-order valence-corrected chi connectivity index (χ1v) is 7.92. The quantitative estimate of drug-likeness (QED) is 0.747. The van der Waals surface area contributed by atoms with Crippen LogP contribution in [0.2, 0.25) is 0 Å². The fourth-order valence-electron chi connectivity index (χ4n) is 3.45. The van der Waals surface area contributed by atoms with Crippen LogP contribution in [0.5, 0.6) is 0 Å². The lowest BCUT2D eigenvalue weighted by molar-refractivity contribution is -0.0394. The van der Waals surface area contributed by atoms with Crippen molar-refractivity contribution in [3.8, 4) is 0 Å². The summed E-state index contributed by atoms with van der Waals surface area (Å²) in [4.78, 5) is 0. The molecule has 2 rings (SSSR count). The minimum atomic E-state index is 0.262. The summed E-state index contributed by atoms with van der Waals surface area (Å²) in [6.45, 7) is 7.84. The van der Waals surface area contributed by atoms with E-state index in [0.717, 1.165) is 6.54 Å². The molecule has 2 heteroatoms. The molecule has 1 heterocycles. The lowest BCUT2D eigenvalue weighted by Gasteiger charge is -2.24. The van der Waals surface area contributed by atoms with Gasteiger partial charge in [0, 0.05) is 5.54 Å². The maximum Gasteiger partial charge on any atom is 0.0687 e. The molecule has 0 aromatic heterocycles. The third-order valence-electron chi connectivity index (χ3n) is 4.46. The third kappa shape index (κ3) is 4.24. The highest BCUT2D eigenvalue weighted by Gasteiger charge is 2.41. The standard InChI is InChI=1S/C16H31NO/c1-15(2,3)17-13-7-4-8-14-9-12-16(18-14)10-5-6-11-16/h14,17H,4-13H2,1-3H3. The SMILES string of the molecule is CC(C)(C)NCCCCC1CCC2(CCCC2)O1. The van der Waals surface area contributed by atoms with Crippen LogP contribution in [0.25, 0.3) is 0 Å². The predicted molar refractivity (Wildman–Crippen MR) is 76.9 cm³/mol. The second kappa shape index (κ2) is 5.92. The first-order chi connectivity index (χ1) is 8.49. The van der Waals surface area contributed by atoms with Gasteiger partial charge in [0.25, 0.3) is 0 Å². The van der Waals surface area contributed by atoms with E-state index in [4.69, 9.17) is 4.74 Å². The van der Waals surface area contributed by atoms with E-state index >= 15 is 0 Å². The predicted octanol–water partition coefficient (Wildman–Crippen LogP) is 4.04. The van der Waals surface area contributed by atoms with Crippen LogP contribution in [0.15, 0.2) is 0 Å². The molecule has 0 bridgehead atoms. The van der Waals surface area contributed by atoms with Gasteiger partial charge in [-0.2, -0.15) is 0 Å². The normalized spacial score (nSPS) is 27.2. The van der Waals surface area contributed by atoms with Crippen molar-refractivity contribution in [2.75, 3.05) is 6.54 Å². The fourth-order valence-corrected chi connectivity index (χ4v) is 3.45. The summed E-state index contributed by atoms with van der Waals surface area (Å²) < 4.78 is 6.34. The van der Waals surface area contributed by atoms with Gasteiger partial charge in [-0.25, -0.2) is 0 Å². The van der Waals surface area contributed by atoms with Gasteiger partial charge in [0.1, 0.15) is 0 Å². The number of hydrogen-bond acceptors (Lipinski definition) is 2. The monoisotopic (exact) mass is 253 g/mol. The zero-order valence-corrected chi connectivity index (χ0v) is 12.6. The van der Waals surface area contributed by atoms with Crippen LogP contribution in [0.4, 0.5) is 0 Å². The van der Waals surface area contributed by atoms with Crippen molar-refractivity contribution in [1.82, 2.24) is 5.32 Å². The first-order valence-electron chi connectivity index (χ1n) is 7.92. The maximum absolute atomic E-state index is 6.34. The second-order valence-electron chi connectivity index (χ2n) is 7.34. The van der Waals surface area contributed by atoms with E-state index in [-0.39, 0.29) is 5.54 Å². The molecule has 2 nitrogen and oxygen atoms in total. The van der Waals surface area contributed by atoms with Crippen molar-refractivity contribution in [2.45, 2.75) is 95.8 Å². The summed E-state index contributed by atoms with van der Waals surface area (Å²) in [5.41, 5.74) is 0.589. The van der Waals surface area contributed by atoms with E-state index in [9.17, 15) is 0 Å². The van der Waals surface area contributed by atoms with Gasteiger partial charge in [-0.1, -0.05) is 12.8 Å². The lowest BCUT2D eigenvalue weighted by atomic mass is 9.98. The van der Waals surface area contributed by atoms with Crippen LogP contribution in [0.3, 0.4) is 0 Å². The Hall–Kier alpha value is -0.0800. The summed E-state index contributed by atoms with van der Waals surface area (Å²) >= 11 is 0. The van der Waals surface area contributed by atoms with Gasteiger partial charge in [0.15, 0.2) is 0 Å². The van der Waals surface area contributed by atoms with Crippen LogP contribution < -0.4 is 5.32 Å². The highest BCUT2D eigenvalue weighted by molar-refractivity contribution is 4.92. The number of ether oxygens (including phenoxy) is 1. The topological polar surface area (TPSA) is 21.3 Å². The zero-order valence-electron chi connectivity index (χ0n) is 12.6. The molecule has 18 heavy (non-hydrogen) atoms. The van der Waals surface area contributed by atoms with Crippen molar-refractivity contribution in [3.05, 3.63) is 0 Å². The molecule has 1 atom stereocenters. The Morgan fingerprint density at radius 3 is 2.50 bits per heavy atom. The van der Waals surface area contributed by atoms with Gasteiger partial charge in [-0.3, -0.25) is 0 Å². The molecule has 0 aromatic rings. The fraction of sp³-hybridized carbons (Fsp3) is 1.00. The first kappa shape index (κ1) is 14.3. The minimum absolute atomic E-state index is 0.262. The van der Waals surface area contributed by atoms with Gasteiger partial charge in [0.05, 0.1) is 11.7 Å². The van der Waals surface area contributed by atoms with Crippen molar-refractivity contribution in [2.24, 2.45) is 0 Å². The molecule has 0 radical (unpaired) electrons. The number of unbranched alkanes of at least 4 members (excludes halogenated alkanes) is 1. The summed E-state index contributed by atoms with van der Waals surface area (Å²) in [5.74, 6) is 0. The Balaban J connectivity index is 1.55. The highest BCUT2D eigenvalue weighted by Crippen LogP contribution is 2.44. The summed E-state index contributed by atoms with van der Waals surface area (Å²) in [6, 6.07) is 0. The Morgan fingerprint density at radius 2 is 1.83 bits per heavy atom. The molecule has 2 aliphatic rings. The van der Waals surface area contributed by atoms with E-state index in [1.54, 1.807) is 0 Å². The Morgan fingerprint density at radius 1 is 1.11 bits per heavy atom. The van der Waals surface area contributed by atoms with E-state index in [1.807, 2.05) is 0 Å². The molecule has 2 fully saturated rings. The average molecular weight is 253 g/mol. The average Bonchev–Trinajstić information content (AvgIpc) is 2.88. The molecule has 1 aliphatic carbocycles. The number of rotatable bonds is 5. The van der Waals surface area contributed by atoms with Crippen LogP contribution >= 0.6 is 0 Å². The van der Waals surface area contributed by atoms with Crippen molar-refractivity contribution in [3.63, 3.8) is 0 Å². The molecule has 1 aliphatic heterocycles. The van der Waals surface area contributed by atoms with Crippen LogP contribution in [-0.2, 0) is 4.74 Å². The number of hydrogen-bond donors (Lipinski definition) is 1. The van der Waals surface area contributed by atoms with Gasteiger partial charge in [0.2, 0.25) is 0 Å². The largest absolute Gasteiger partial charge is 0.372 e. The summed E-state index contributed by atoms with van der Waals surface area (Å²) in [7, 11) is 0. The molecule has 1 saturated heterocycles. The van der Waals surface area contributed by atoms with Gasteiger partial charge < -0.3 is 10.1 Å². The van der Waals surface area contributed by atoms with Crippen molar-refractivity contribution >= 4 is 0 Å². The van der Waals surface area contributed by atoms with E-state index < -0.39 is 0 Å². The van der Waals surface area contributed by atoms with Gasteiger partial charge in [-0.15, -0.1) is 0 Å². The molecule has 0 amide bonds. The molecule has 106 valence electrons. The zero-order chi connectivity index (χ0) is 13.1. The third-order valence-corrected chi connectivity index (χ3v) is 4.46. The second-order valence-corrected chi connectivity index (χ2v) is 7.34. The number of nitrogens with one attached hydrogen (secondary N) is 1. The summed E-state index contributed by atoms with van der Waals surface area (Å²) in [5, 5.41) is 3.56. The molecule has 0 aromatic carbocycles. The van der Waals surface area contributed by atoms with E-state index in [2.05, 4.69) is 26.1 Å². The van der Waals surface area contributed by atoms with Crippen LogP contribution in [-0.4, -0.2) is 23.8 Å². The summed E-state index contributed by atoms with van der Waals surface area (Å²) in [6.07, 6.45) is 12.5. The van der Waals surface area contributed by atoms with Crippen LogP contribution in [0.1, 0.15) is 78.6 Å². The van der Waals surface area contributed by atoms with Gasteiger partial charge >= 0.3 is 0 Å². The maximum atomic E-state index is 6.34. The van der Waals surface area contributed by atoms with E-state index in [1.165, 1.54) is 57.8 Å². The smallest absolute Gasteiger partial charge is 0.0687 e. The van der Waals surface area contributed by atoms with Crippen molar-refractivity contribution in [1.29, 1.82) is 0 Å². The van der Waals surface area contributed by atoms with Crippen LogP contribution in [0, 0.1) is 0 Å². The molecule has 1 spiro atoms. The minimum Gasteiger partial charge on any atom is -0.372 e. The van der Waals surface area contributed by atoms with Gasteiger partial charge in [-0.05, 0) is 72.3 Å². The Bertz CT molecular complexity index is 250. The molecule has 1 unspecified atom stereocenters. The molecular weight excluding hydrogens is 222 g/mol. The highest BCUT2D eigenvalue weighted by atomic mass is 16.5. The molecule has 1 saturated carbocycles. The lowest BCUT2D eigenvalue weighted by Crippen LogP contribution is -2.36. The van der Waals surface area contributed by atoms with Crippen molar-refractivity contribution < 1.29 is 4.74 Å². The Labute approximate surface area is 113 Å². The molecule has 1 N–H and O–H groups in total. The Kier molecular flexibility index (Phi) is 4.71.